The minimum Gasteiger partial charge on any atom is -0.497 e. The lowest BCUT2D eigenvalue weighted by molar-refractivity contribution is 0.415. The molecule has 0 aliphatic rings. The zero-order chi connectivity index (χ0) is 12.0. The van der Waals surface area contributed by atoms with E-state index in [0.717, 1.165) is 5.75 Å². The van der Waals surface area contributed by atoms with Crippen molar-refractivity contribution in [3.8, 4) is 17.9 Å². The molecule has 4 heteroatoms. The Kier molecular flexibility index (Phi) is 4.06. The van der Waals surface area contributed by atoms with Gasteiger partial charge in [-0.05, 0) is 31.2 Å². The predicted molar refractivity (Wildman–Crippen MR) is 60.5 cm³/mol. The van der Waals surface area contributed by atoms with Gasteiger partial charge in [0.2, 0.25) is 0 Å². The monoisotopic (exact) mass is 213 g/mol. The molecular formula is C12H11N3O. The van der Waals surface area contributed by atoms with Crippen LogP contribution in [0.15, 0.2) is 29.3 Å². The second-order valence-corrected chi connectivity index (χ2v) is 3.14. The molecule has 0 aromatic heterocycles. The average Bonchev–Trinajstić information content (AvgIpc) is 2.31. The van der Waals surface area contributed by atoms with Gasteiger partial charge in [0.05, 0.1) is 24.9 Å². The fraction of sp³-hybridized carbons (Fsp3) is 0.250. The lowest BCUT2D eigenvalue weighted by Gasteiger charge is -2.01. The van der Waals surface area contributed by atoms with Crippen molar-refractivity contribution in [1.82, 2.24) is 0 Å². The molecular weight excluding hydrogens is 202 g/mol. The molecule has 0 spiro atoms. The van der Waals surface area contributed by atoms with Crippen molar-refractivity contribution < 1.29 is 4.74 Å². The van der Waals surface area contributed by atoms with E-state index in [1.165, 1.54) is 0 Å². The van der Waals surface area contributed by atoms with Gasteiger partial charge in [-0.1, -0.05) is 0 Å². The summed E-state index contributed by atoms with van der Waals surface area (Å²) >= 11 is 0. The van der Waals surface area contributed by atoms with Gasteiger partial charge >= 0.3 is 0 Å². The highest BCUT2D eigenvalue weighted by atomic mass is 16.5. The van der Waals surface area contributed by atoms with E-state index in [2.05, 4.69) is 4.99 Å². The SMILES string of the molecule is COc1ccc(N=C(C)C(C#N)C#N)cc1. The van der Waals surface area contributed by atoms with Gasteiger partial charge in [0.15, 0.2) is 5.92 Å². The van der Waals surface area contributed by atoms with Crippen LogP contribution < -0.4 is 4.74 Å². The van der Waals surface area contributed by atoms with Crippen LogP contribution in [0.3, 0.4) is 0 Å². The smallest absolute Gasteiger partial charge is 0.170 e. The van der Waals surface area contributed by atoms with E-state index in [4.69, 9.17) is 15.3 Å². The lowest BCUT2D eigenvalue weighted by atomic mass is 10.1. The number of nitrogens with zero attached hydrogens (tertiary/aromatic N) is 3. The number of rotatable bonds is 3. The molecule has 80 valence electrons. The molecule has 0 heterocycles. The zero-order valence-corrected chi connectivity index (χ0v) is 9.14. The summed E-state index contributed by atoms with van der Waals surface area (Å²) in [7, 11) is 1.59. The molecule has 1 aromatic carbocycles. The minimum atomic E-state index is -0.790. The van der Waals surface area contributed by atoms with Gasteiger partial charge in [-0.3, -0.25) is 4.99 Å². The first-order valence-electron chi connectivity index (χ1n) is 4.69. The molecule has 0 radical (unpaired) electrons. The molecule has 4 nitrogen and oxygen atoms in total. The van der Waals surface area contributed by atoms with Gasteiger partial charge in [0.25, 0.3) is 0 Å². The third-order valence-corrected chi connectivity index (χ3v) is 2.05. The summed E-state index contributed by atoms with van der Waals surface area (Å²) in [5, 5.41) is 17.4. The number of nitriles is 2. The number of aliphatic imine (C=N–C) groups is 1. The highest BCUT2D eigenvalue weighted by Gasteiger charge is 2.08. The fourth-order valence-electron chi connectivity index (χ4n) is 1.14. The van der Waals surface area contributed by atoms with E-state index in [1.807, 2.05) is 12.1 Å². The quantitative estimate of drug-likeness (QED) is 0.724. The van der Waals surface area contributed by atoms with Crippen LogP contribution in [0.4, 0.5) is 5.69 Å². The predicted octanol–water partition coefficient (Wildman–Crippen LogP) is 2.45. The Morgan fingerprint density at radius 1 is 1.25 bits per heavy atom. The van der Waals surface area contributed by atoms with E-state index in [1.54, 1.807) is 38.3 Å². The Balaban J connectivity index is 2.91. The van der Waals surface area contributed by atoms with Crippen LogP contribution in [0.2, 0.25) is 0 Å². The first-order valence-corrected chi connectivity index (χ1v) is 4.69. The second-order valence-electron chi connectivity index (χ2n) is 3.14. The molecule has 16 heavy (non-hydrogen) atoms. The first kappa shape index (κ1) is 11.7. The maximum atomic E-state index is 8.68. The zero-order valence-electron chi connectivity index (χ0n) is 9.14. The standard InChI is InChI=1S/C12H11N3O/c1-9(10(7-13)8-14)15-11-3-5-12(16-2)6-4-11/h3-6,10H,1-2H3. The molecule has 0 bridgehead atoms. The summed E-state index contributed by atoms with van der Waals surface area (Å²) in [6.07, 6.45) is 0. The number of hydrogen-bond acceptors (Lipinski definition) is 4. The highest BCUT2D eigenvalue weighted by Crippen LogP contribution is 2.18. The van der Waals surface area contributed by atoms with Crippen LogP contribution in [0.25, 0.3) is 0 Å². The van der Waals surface area contributed by atoms with Gasteiger partial charge in [-0.25, -0.2) is 0 Å². The number of methoxy groups -OCH3 is 1. The molecule has 1 rings (SSSR count). The fourth-order valence-corrected chi connectivity index (χ4v) is 1.14. The largest absolute Gasteiger partial charge is 0.497 e. The van der Waals surface area contributed by atoms with E-state index in [-0.39, 0.29) is 0 Å². The summed E-state index contributed by atoms with van der Waals surface area (Å²) in [5.74, 6) is -0.0455. The number of ether oxygens (including phenoxy) is 1. The Labute approximate surface area is 94.4 Å². The Hall–Kier alpha value is -2.33. The van der Waals surface area contributed by atoms with Crippen molar-refractivity contribution in [2.24, 2.45) is 10.9 Å². The third kappa shape index (κ3) is 2.83. The van der Waals surface area contributed by atoms with Crippen LogP contribution in [-0.4, -0.2) is 12.8 Å². The Morgan fingerprint density at radius 2 is 1.81 bits per heavy atom. The Morgan fingerprint density at radius 3 is 2.25 bits per heavy atom. The molecule has 0 amide bonds. The van der Waals surface area contributed by atoms with Crippen molar-refractivity contribution in [2.75, 3.05) is 7.11 Å². The maximum absolute atomic E-state index is 8.68. The van der Waals surface area contributed by atoms with Gasteiger partial charge in [-0.2, -0.15) is 10.5 Å². The van der Waals surface area contributed by atoms with Crippen LogP contribution in [0.1, 0.15) is 6.92 Å². The van der Waals surface area contributed by atoms with Gasteiger partial charge in [0, 0.05) is 5.71 Å². The van der Waals surface area contributed by atoms with E-state index >= 15 is 0 Å². The summed E-state index contributed by atoms with van der Waals surface area (Å²) < 4.78 is 5.01. The van der Waals surface area contributed by atoms with E-state index in [9.17, 15) is 0 Å². The number of hydrogen-bond donors (Lipinski definition) is 0. The topological polar surface area (TPSA) is 69.2 Å². The molecule has 0 unspecified atom stereocenters. The van der Waals surface area contributed by atoms with Crippen LogP contribution >= 0.6 is 0 Å². The normalized spacial score (nSPS) is 10.7. The van der Waals surface area contributed by atoms with Crippen LogP contribution in [0.5, 0.6) is 5.75 Å². The van der Waals surface area contributed by atoms with Crippen molar-refractivity contribution in [1.29, 1.82) is 10.5 Å². The second kappa shape index (κ2) is 5.53. The summed E-state index contributed by atoms with van der Waals surface area (Å²) in [6, 6.07) is 10.9. The van der Waals surface area contributed by atoms with Crippen molar-refractivity contribution in [3.05, 3.63) is 24.3 Å². The molecule has 0 aliphatic heterocycles. The van der Waals surface area contributed by atoms with Crippen molar-refractivity contribution >= 4 is 11.4 Å². The molecule has 0 N–H and O–H groups in total. The van der Waals surface area contributed by atoms with Crippen LogP contribution in [-0.2, 0) is 0 Å². The van der Waals surface area contributed by atoms with Gasteiger partial charge < -0.3 is 4.74 Å². The molecule has 0 saturated carbocycles. The van der Waals surface area contributed by atoms with Crippen molar-refractivity contribution in [3.63, 3.8) is 0 Å². The first-order chi connectivity index (χ1) is 7.71. The average molecular weight is 213 g/mol. The molecule has 1 aromatic rings. The molecule has 0 atom stereocenters. The van der Waals surface area contributed by atoms with E-state index < -0.39 is 5.92 Å². The Bertz CT molecular complexity index is 449. The van der Waals surface area contributed by atoms with Crippen molar-refractivity contribution in [2.45, 2.75) is 6.92 Å². The lowest BCUT2D eigenvalue weighted by Crippen LogP contribution is -2.05. The minimum absolute atomic E-state index is 0.496. The summed E-state index contributed by atoms with van der Waals surface area (Å²) in [4.78, 5) is 4.19. The van der Waals surface area contributed by atoms with Crippen LogP contribution in [0, 0.1) is 28.6 Å². The highest BCUT2D eigenvalue weighted by molar-refractivity contribution is 5.90. The maximum Gasteiger partial charge on any atom is 0.170 e. The molecule has 0 aliphatic carbocycles. The number of benzene rings is 1. The van der Waals surface area contributed by atoms with Gasteiger partial charge in [0.1, 0.15) is 5.75 Å². The summed E-state index contributed by atoms with van der Waals surface area (Å²) in [5.41, 5.74) is 1.20. The van der Waals surface area contributed by atoms with Gasteiger partial charge in [-0.15, -0.1) is 0 Å². The summed E-state index contributed by atoms with van der Waals surface area (Å²) in [6.45, 7) is 1.67. The third-order valence-electron chi connectivity index (χ3n) is 2.05. The van der Waals surface area contributed by atoms with E-state index in [0.29, 0.717) is 11.4 Å². The molecule has 0 fully saturated rings. The molecule has 0 saturated heterocycles.